The fourth-order valence-electron chi connectivity index (χ4n) is 3.16. The average Bonchev–Trinajstić information content (AvgIpc) is 2.34. The van der Waals surface area contributed by atoms with E-state index in [4.69, 9.17) is 9.47 Å². The van der Waals surface area contributed by atoms with Gasteiger partial charge in [0.05, 0.1) is 0 Å². The minimum atomic E-state index is -0.446. The number of nitrogens with one attached hydrogen (secondary N) is 1. The molecule has 2 N–H and O–H groups in total. The second-order valence-electron chi connectivity index (χ2n) is 6.41. The molecule has 0 aromatic heterocycles. The van der Waals surface area contributed by atoms with Gasteiger partial charge in [-0.3, -0.25) is 0 Å². The van der Waals surface area contributed by atoms with E-state index in [1.807, 2.05) is 12.1 Å². The highest BCUT2D eigenvalue weighted by Gasteiger charge is 2.27. The lowest BCUT2D eigenvalue weighted by molar-refractivity contribution is -0.918. The number of aryl methyl sites for hydroxylation is 2. The summed E-state index contributed by atoms with van der Waals surface area (Å²) in [5.41, 5.74) is 2.36. The van der Waals surface area contributed by atoms with E-state index in [-0.39, 0.29) is 12.2 Å². The summed E-state index contributed by atoms with van der Waals surface area (Å²) in [6.07, 6.45) is 0.0749. The molecule has 2 rings (SSSR count). The molecule has 0 spiro atoms. The van der Waals surface area contributed by atoms with Gasteiger partial charge in [0.25, 0.3) is 0 Å². The molecule has 0 radical (unpaired) electrons. The van der Waals surface area contributed by atoms with Crippen LogP contribution < -0.4 is 9.64 Å². The second-order valence-corrected chi connectivity index (χ2v) is 6.41. The molecule has 118 valence electrons. The van der Waals surface area contributed by atoms with Crippen molar-refractivity contribution in [3.63, 3.8) is 0 Å². The maximum atomic E-state index is 10.2. The number of benzene rings is 1. The molecule has 0 bridgehead atoms. The molecule has 0 saturated carbocycles. The number of rotatable bonds is 5. The van der Waals surface area contributed by atoms with E-state index in [9.17, 15) is 5.11 Å². The van der Waals surface area contributed by atoms with E-state index in [2.05, 4.69) is 33.8 Å². The van der Waals surface area contributed by atoms with Crippen molar-refractivity contribution in [1.29, 1.82) is 0 Å². The third-order valence-electron chi connectivity index (χ3n) is 3.78. The van der Waals surface area contributed by atoms with Crippen molar-refractivity contribution in [2.75, 3.05) is 26.2 Å². The lowest BCUT2D eigenvalue weighted by Gasteiger charge is -2.33. The molecule has 4 atom stereocenters. The zero-order chi connectivity index (χ0) is 15.4. The first-order chi connectivity index (χ1) is 9.92. The minimum Gasteiger partial charge on any atom is -0.491 e. The van der Waals surface area contributed by atoms with Crippen LogP contribution in [-0.2, 0) is 4.74 Å². The fourth-order valence-corrected chi connectivity index (χ4v) is 3.16. The molecule has 1 aliphatic heterocycles. The lowest BCUT2D eigenvalue weighted by atomic mass is 10.1. The molecular weight excluding hydrogens is 266 g/mol. The van der Waals surface area contributed by atoms with E-state index in [0.29, 0.717) is 13.2 Å². The topological polar surface area (TPSA) is 43.1 Å². The summed E-state index contributed by atoms with van der Waals surface area (Å²) >= 11 is 0. The Morgan fingerprint density at radius 2 is 1.76 bits per heavy atom. The summed E-state index contributed by atoms with van der Waals surface area (Å²) in [5, 5.41) is 10.2. The largest absolute Gasteiger partial charge is 0.491 e. The first-order valence-corrected chi connectivity index (χ1v) is 7.80. The molecule has 0 amide bonds. The van der Waals surface area contributed by atoms with Gasteiger partial charge in [0, 0.05) is 0 Å². The Bertz CT molecular complexity index is 433. The smallest absolute Gasteiger partial charge is 0.137 e. The summed E-state index contributed by atoms with van der Waals surface area (Å²) in [6, 6.07) is 6.13. The van der Waals surface area contributed by atoms with E-state index in [1.54, 1.807) is 0 Å². The number of quaternary nitrogens is 1. The van der Waals surface area contributed by atoms with Gasteiger partial charge in [-0.05, 0) is 51.0 Å². The van der Waals surface area contributed by atoms with Crippen LogP contribution >= 0.6 is 0 Å². The van der Waals surface area contributed by atoms with Crippen LogP contribution in [0.5, 0.6) is 5.75 Å². The second kappa shape index (κ2) is 7.25. The summed E-state index contributed by atoms with van der Waals surface area (Å²) in [4.78, 5) is 1.39. The highest BCUT2D eigenvalue weighted by molar-refractivity contribution is 5.32. The van der Waals surface area contributed by atoms with Gasteiger partial charge >= 0.3 is 0 Å². The molecule has 4 heteroatoms. The highest BCUT2D eigenvalue weighted by Crippen LogP contribution is 2.16. The van der Waals surface area contributed by atoms with Crippen LogP contribution in [0.15, 0.2) is 18.2 Å². The van der Waals surface area contributed by atoms with Crippen molar-refractivity contribution < 1.29 is 19.5 Å². The van der Waals surface area contributed by atoms with E-state index in [1.165, 1.54) is 16.0 Å². The first kappa shape index (κ1) is 16.3. The van der Waals surface area contributed by atoms with Crippen molar-refractivity contribution in [2.45, 2.75) is 46.0 Å². The maximum absolute atomic E-state index is 10.2. The number of ether oxygens (including phenoxy) is 2. The third kappa shape index (κ3) is 5.30. The summed E-state index contributed by atoms with van der Waals surface area (Å²) in [5.74, 6) is 0.838. The van der Waals surface area contributed by atoms with Crippen molar-refractivity contribution >= 4 is 0 Å². The van der Waals surface area contributed by atoms with E-state index < -0.39 is 6.10 Å². The van der Waals surface area contributed by atoms with Crippen molar-refractivity contribution in [3.05, 3.63) is 29.3 Å². The van der Waals surface area contributed by atoms with Crippen molar-refractivity contribution in [1.82, 2.24) is 0 Å². The van der Waals surface area contributed by atoms with Gasteiger partial charge in [0.15, 0.2) is 0 Å². The molecule has 1 saturated heterocycles. The molecular formula is C17H28NO3+. The number of hydrogen-bond acceptors (Lipinski definition) is 3. The zero-order valence-corrected chi connectivity index (χ0v) is 13.6. The maximum Gasteiger partial charge on any atom is 0.137 e. The Morgan fingerprint density at radius 3 is 2.33 bits per heavy atom. The molecule has 1 heterocycles. The van der Waals surface area contributed by atoms with E-state index in [0.717, 1.165) is 18.8 Å². The molecule has 4 nitrogen and oxygen atoms in total. The van der Waals surface area contributed by atoms with Crippen LogP contribution in [0, 0.1) is 13.8 Å². The minimum absolute atomic E-state index is 0.260. The zero-order valence-electron chi connectivity index (χ0n) is 13.6. The van der Waals surface area contributed by atoms with Gasteiger partial charge in [-0.15, -0.1) is 0 Å². The predicted octanol–water partition coefficient (Wildman–Crippen LogP) is 0.735. The number of morpholine rings is 1. The highest BCUT2D eigenvalue weighted by atomic mass is 16.5. The number of aliphatic hydroxyl groups is 1. The molecule has 21 heavy (non-hydrogen) atoms. The predicted molar refractivity (Wildman–Crippen MR) is 83.0 cm³/mol. The molecule has 0 aliphatic carbocycles. The Balaban J connectivity index is 1.80. The first-order valence-electron chi connectivity index (χ1n) is 7.80. The Hall–Kier alpha value is -1.10. The standard InChI is InChI=1S/C17H27NO3/c1-12-5-13(2)7-17(6-12)20-11-16(19)10-18-8-14(3)21-15(4)9-18/h5-7,14-16,19H,8-11H2,1-4H3/p+1/t14-,15+,16-/m1/s1. The lowest BCUT2D eigenvalue weighted by Crippen LogP contribution is -3.16. The van der Waals surface area contributed by atoms with Crippen molar-refractivity contribution in [2.24, 2.45) is 0 Å². The molecule has 1 aliphatic rings. The van der Waals surface area contributed by atoms with Crippen LogP contribution in [0.3, 0.4) is 0 Å². The van der Waals surface area contributed by atoms with Gasteiger partial charge in [-0.2, -0.15) is 0 Å². The SMILES string of the molecule is Cc1cc(C)cc(OC[C@H](O)C[NH+]2C[C@@H](C)O[C@@H](C)C2)c1. The Kier molecular flexibility index (Phi) is 5.62. The summed E-state index contributed by atoms with van der Waals surface area (Å²) < 4.78 is 11.4. The van der Waals surface area contributed by atoms with Crippen LogP contribution in [0.25, 0.3) is 0 Å². The number of hydrogen-bond donors (Lipinski definition) is 2. The Labute approximate surface area is 127 Å². The van der Waals surface area contributed by atoms with Gasteiger partial charge in [-0.1, -0.05) is 6.07 Å². The Morgan fingerprint density at radius 1 is 1.19 bits per heavy atom. The fraction of sp³-hybridized carbons (Fsp3) is 0.647. The monoisotopic (exact) mass is 294 g/mol. The van der Waals surface area contributed by atoms with Gasteiger partial charge in [0.1, 0.15) is 50.3 Å². The van der Waals surface area contributed by atoms with Crippen LogP contribution in [-0.4, -0.2) is 49.7 Å². The van der Waals surface area contributed by atoms with Crippen LogP contribution in [0.4, 0.5) is 0 Å². The molecule has 1 fully saturated rings. The van der Waals surface area contributed by atoms with Gasteiger partial charge in [-0.25, -0.2) is 0 Å². The van der Waals surface area contributed by atoms with Gasteiger partial charge < -0.3 is 19.5 Å². The van der Waals surface area contributed by atoms with E-state index >= 15 is 0 Å². The molecule has 1 aromatic rings. The summed E-state index contributed by atoms with van der Waals surface area (Å²) in [7, 11) is 0. The van der Waals surface area contributed by atoms with Crippen molar-refractivity contribution in [3.8, 4) is 5.75 Å². The third-order valence-corrected chi connectivity index (χ3v) is 3.78. The van der Waals surface area contributed by atoms with Gasteiger partial charge in [0.2, 0.25) is 0 Å². The number of aliphatic hydroxyl groups excluding tert-OH is 1. The van der Waals surface area contributed by atoms with Crippen LogP contribution in [0.2, 0.25) is 0 Å². The normalized spacial score (nSPS) is 27.4. The molecule has 1 unspecified atom stereocenters. The van der Waals surface area contributed by atoms with Crippen LogP contribution in [0.1, 0.15) is 25.0 Å². The quantitative estimate of drug-likeness (QED) is 0.842. The molecule has 1 aromatic carbocycles. The summed E-state index contributed by atoms with van der Waals surface area (Å²) in [6.45, 7) is 11.2. The average molecular weight is 294 g/mol.